The van der Waals surface area contributed by atoms with Gasteiger partial charge in [0.15, 0.2) is 5.82 Å². The number of halogens is 1. The van der Waals surface area contributed by atoms with Crippen LogP contribution in [0.25, 0.3) is 5.52 Å². The molecule has 3 heterocycles. The SMILES string of the molecule is CCC(CN1CC(C)OC1=O)c1nc(Br)c2c(N)nccn12. The van der Waals surface area contributed by atoms with E-state index < -0.39 is 0 Å². The van der Waals surface area contributed by atoms with Gasteiger partial charge in [-0.05, 0) is 29.3 Å². The Labute approximate surface area is 136 Å². The van der Waals surface area contributed by atoms with E-state index in [0.717, 1.165) is 17.8 Å². The molecule has 2 N–H and O–H groups in total. The quantitative estimate of drug-likeness (QED) is 0.896. The standard InChI is InChI=1S/C14H18BrN5O2/c1-3-9(7-19-6-8(2)22-14(19)21)13-18-11(15)10-12(16)17-4-5-20(10)13/h4-5,8-9H,3,6-7H2,1-2H3,(H2,16,17). The average molecular weight is 368 g/mol. The van der Waals surface area contributed by atoms with Crippen LogP contribution in [0.2, 0.25) is 0 Å². The fraction of sp³-hybridized carbons (Fsp3) is 0.500. The number of hydrogen-bond acceptors (Lipinski definition) is 5. The molecule has 0 spiro atoms. The highest BCUT2D eigenvalue weighted by Gasteiger charge is 2.31. The Bertz CT molecular complexity index is 717. The van der Waals surface area contributed by atoms with E-state index in [4.69, 9.17) is 10.5 Å². The molecule has 0 radical (unpaired) electrons. The molecule has 1 aliphatic heterocycles. The highest BCUT2D eigenvalue weighted by Crippen LogP contribution is 2.29. The number of amides is 1. The van der Waals surface area contributed by atoms with Crippen molar-refractivity contribution in [2.24, 2.45) is 0 Å². The Morgan fingerprint density at radius 2 is 2.36 bits per heavy atom. The third kappa shape index (κ3) is 2.51. The molecule has 1 saturated heterocycles. The molecule has 2 aromatic rings. The first kappa shape index (κ1) is 15.1. The van der Waals surface area contributed by atoms with Crippen molar-refractivity contribution in [3.05, 3.63) is 22.8 Å². The summed E-state index contributed by atoms with van der Waals surface area (Å²) in [5.74, 6) is 1.39. The Morgan fingerprint density at radius 1 is 1.59 bits per heavy atom. The van der Waals surface area contributed by atoms with Crippen molar-refractivity contribution >= 4 is 33.4 Å². The highest BCUT2D eigenvalue weighted by molar-refractivity contribution is 9.10. The van der Waals surface area contributed by atoms with Crippen LogP contribution in [0.15, 0.2) is 17.0 Å². The minimum absolute atomic E-state index is 0.0615. The van der Waals surface area contributed by atoms with Gasteiger partial charge in [0.1, 0.15) is 22.0 Å². The number of nitrogens with two attached hydrogens (primary N) is 1. The van der Waals surface area contributed by atoms with Crippen molar-refractivity contribution in [3.63, 3.8) is 0 Å². The Balaban J connectivity index is 1.94. The first-order valence-corrected chi connectivity index (χ1v) is 8.04. The molecule has 1 amide bonds. The lowest BCUT2D eigenvalue weighted by Gasteiger charge is -2.20. The number of carbonyl (C=O) groups excluding carboxylic acids is 1. The van der Waals surface area contributed by atoms with Crippen LogP contribution in [0.4, 0.5) is 10.6 Å². The first-order valence-electron chi connectivity index (χ1n) is 7.24. The fourth-order valence-electron chi connectivity index (χ4n) is 2.81. The summed E-state index contributed by atoms with van der Waals surface area (Å²) in [6.07, 6.45) is 4.03. The molecule has 2 unspecified atom stereocenters. The van der Waals surface area contributed by atoms with Crippen molar-refractivity contribution in [2.45, 2.75) is 32.3 Å². The van der Waals surface area contributed by atoms with Crippen LogP contribution in [0.3, 0.4) is 0 Å². The number of nitrogen functional groups attached to an aromatic ring is 1. The molecule has 1 fully saturated rings. The molecule has 22 heavy (non-hydrogen) atoms. The number of anilines is 1. The summed E-state index contributed by atoms with van der Waals surface area (Å²) in [6.45, 7) is 5.17. The normalized spacial score (nSPS) is 19.7. The van der Waals surface area contributed by atoms with Gasteiger partial charge in [-0.15, -0.1) is 0 Å². The van der Waals surface area contributed by atoms with E-state index in [9.17, 15) is 4.79 Å². The van der Waals surface area contributed by atoms with E-state index >= 15 is 0 Å². The van der Waals surface area contributed by atoms with Crippen LogP contribution in [0.1, 0.15) is 32.0 Å². The van der Waals surface area contributed by atoms with Gasteiger partial charge in [0, 0.05) is 24.9 Å². The number of carbonyl (C=O) groups is 1. The molecule has 3 rings (SSSR count). The highest BCUT2D eigenvalue weighted by atomic mass is 79.9. The second-order valence-corrected chi connectivity index (χ2v) is 6.25. The van der Waals surface area contributed by atoms with Crippen molar-refractivity contribution in [1.29, 1.82) is 0 Å². The number of cyclic esters (lactones) is 1. The van der Waals surface area contributed by atoms with Crippen LogP contribution in [0, 0.1) is 0 Å². The maximum Gasteiger partial charge on any atom is 0.410 e. The van der Waals surface area contributed by atoms with Crippen molar-refractivity contribution < 1.29 is 9.53 Å². The van der Waals surface area contributed by atoms with Gasteiger partial charge in [0.2, 0.25) is 0 Å². The maximum atomic E-state index is 11.8. The summed E-state index contributed by atoms with van der Waals surface area (Å²) in [4.78, 5) is 22.2. The molecular formula is C14H18BrN5O2. The zero-order valence-electron chi connectivity index (χ0n) is 12.5. The summed E-state index contributed by atoms with van der Waals surface area (Å²) < 4.78 is 7.79. The summed E-state index contributed by atoms with van der Waals surface area (Å²) >= 11 is 3.44. The largest absolute Gasteiger partial charge is 0.445 e. The van der Waals surface area contributed by atoms with Gasteiger partial charge in [-0.3, -0.25) is 4.40 Å². The number of rotatable bonds is 4. The molecule has 0 saturated carbocycles. The number of imidazole rings is 1. The van der Waals surface area contributed by atoms with E-state index in [1.807, 2.05) is 17.5 Å². The third-order valence-corrected chi connectivity index (χ3v) is 4.46. The van der Waals surface area contributed by atoms with Gasteiger partial charge >= 0.3 is 6.09 Å². The van der Waals surface area contributed by atoms with Crippen LogP contribution < -0.4 is 5.73 Å². The second kappa shape index (κ2) is 5.75. The zero-order chi connectivity index (χ0) is 15.9. The smallest absolute Gasteiger partial charge is 0.410 e. The predicted molar refractivity (Wildman–Crippen MR) is 85.6 cm³/mol. The number of ether oxygens (including phenoxy) is 1. The molecule has 118 valence electrons. The number of hydrogen-bond donors (Lipinski definition) is 1. The van der Waals surface area contributed by atoms with Crippen molar-refractivity contribution in [1.82, 2.24) is 19.3 Å². The van der Waals surface area contributed by atoms with Crippen molar-refractivity contribution in [3.8, 4) is 0 Å². The van der Waals surface area contributed by atoms with Gasteiger partial charge in [-0.25, -0.2) is 14.8 Å². The second-order valence-electron chi connectivity index (χ2n) is 5.50. The lowest BCUT2D eigenvalue weighted by molar-refractivity contribution is 0.137. The molecular weight excluding hydrogens is 350 g/mol. The summed E-state index contributed by atoms with van der Waals surface area (Å²) in [6, 6.07) is 0. The maximum absolute atomic E-state index is 11.8. The monoisotopic (exact) mass is 367 g/mol. The minimum atomic E-state index is -0.257. The van der Waals surface area contributed by atoms with Gasteiger partial charge < -0.3 is 15.4 Å². The molecule has 0 aliphatic carbocycles. The van der Waals surface area contributed by atoms with Crippen LogP contribution in [0.5, 0.6) is 0 Å². The van der Waals surface area contributed by atoms with Gasteiger partial charge in [-0.1, -0.05) is 6.92 Å². The van der Waals surface area contributed by atoms with Gasteiger partial charge in [-0.2, -0.15) is 0 Å². The van der Waals surface area contributed by atoms with Crippen LogP contribution in [-0.2, 0) is 4.74 Å². The lowest BCUT2D eigenvalue weighted by atomic mass is 10.1. The molecule has 0 aromatic carbocycles. The third-order valence-electron chi connectivity index (χ3n) is 3.90. The molecule has 8 heteroatoms. The van der Waals surface area contributed by atoms with Crippen LogP contribution in [-0.4, -0.2) is 44.6 Å². The number of aromatic nitrogens is 3. The van der Waals surface area contributed by atoms with E-state index in [2.05, 4.69) is 32.8 Å². The summed E-state index contributed by atoms with van der Waals surface area (Å²) in [5.41, 5.74) is 6.69. The molecule has 1 aliphatic rings. The minimum Gasteiger partial charge on any atom is -0.445 e. The summed E-state index contributed by atoms with van der Waals surface area (Å²) in [5, 5.41) is 0. The average Bonchev–Trinajstić information content (AvgIpc) is 2.97. The Morgan fingerprint density at radius 3 is 3.00 bits per heavy atom. The van der Waals surface area contributed by atoms with E-state index in [1.54, 1.807) is 11.1 Å². The predicted octanol–water partition coefficient (Wildman–Crippen LogP) is 2.41. The van der Waals surface area contributed by atoms with E-state index in [1.165, 1.54) is 0 Å². The molecule has 2 atom stereocenters. The van der Waals surface area contributed by atoms with Crippen molar-refractivity contribution in [2.75, 3.05) is 18.8 Å². The number of nitrogens with zero attached hydrogens (tertiary/aromatic N) is 4. The fourth-order valence-corrected chi connectivity index (χ4v) is 3.38. The molecule has 7 nitrogen and oxygen atoms in total. The number of fused-ring (bicyclic) bond motifs is 1. The van der Waals surface area contributed by atoms with Crippen LogP contribution >= 0.6 is 15.9 Å². The van der Waals surface area contributed by atoms with E-state index in [0.29, 0.717) is 23.5 Å². The summed E-state index contributed by atoms with van der Waals surface area (Å²) in [7, 11) is 0. The molecule has 2 aromatic heterocycles. The Hall–Kier alpha value is -1.83. The molecule has 0 bridgehead atoms. The lowest BCUT2D eigenvalue weighted by Crippen LogP contribution is -2.30. The zero-order valence-corrected chi connectivity index (χ0v) is 14.1. The topological polar surface area (TPSA) is 85.8 Å². The van der Waals surface area contributed by atoms with Gasteiger partial charge in [0.25, 0.3) is 0 Å². The van der Waals surface area contributed by atoms with E-state index in [-0.39, 0.29) is 18.1 Å². The Kier molecular flexibility index (Phi) is 3.94. The van der Waals surface area contributed by atoms with Gasteiger partial charge in [0.05, 0.1) is 6.54 Å². The first-order chi connectivity index (χ1) is 10.5.